The van der Waals surface area contributed by atoms with Crippen LogP contribution in [-0.2, 0) is 0 Å². The molecule has 1 aliphatic rings. The van der Waals surface area contributed by atoms with Crippen LogP contribution in [0.3, 0.4) is 0 Å². The Balaban J connectivity index is 1.34. The van der Waals surface area contributed by atoms with E-state index in [1.54, 1.807) is 0 Å². The average Bonchev–Trinajstić information content (AvgIpc) is 3.58. The fraction of sp³-hybridized carbons (Fsp3) is 0.0526. The van der Waals surface area contributed by atoms with E-state index in [0.717, 1.165) is 23.4 Å². The first kappa shape index (κ1) is 23.2. The number of hydrogen-bond donors (Lipinski definition) is 3. The molecule has 0 saturated heterocycles. The minimum atomic E-state index is 0.118. The number of benzene rings is 6. The Morgan fingerprint density at radius 1 is 0.548 bits per heavy atom. The summed E-state index contributed by atoms with van der Waals surface area (Å²) in [6, 6.07) is 48.1. The fourth-order valence-corrected chi connectivity index (χ4v) is 6.82. The summed E-state index contributed by atoms with van der Waals surface area (Å²) in [5.41, 5.74) is 11.9. The molecular formula is C38H28N4. The van der Waals surface area contributed by atoms with E-state index in [9.17, 15) is 0 Å². The number of fused-ring (bicyclic) bond motifs is 7. The molecule has 6 aromatic carbocycles. The average molecular weight is 541 g/mol. The number of nitrogens with zero attached hydrogens (tertiary/aromatic N) is 1. The number of rotatable bonds is 3. The molecule has 0 aliphatic carbocycles. The van der Waals surface area contributed by atoms with Crippen molar-refractivity contribution in [3.05, 3.63) is 139 Å². The van der Waals surface area contributed by atoms with Crippen LogP contribution >= 0.6 is 0 Å². The van der Waals surface area contributed by atoms with Crippen molar-refractivity contribution in [1.82, 2.24) is 9.55 Å². The first-order valence-corrected chi connectivity index (χ1v) is 14.5. The molecule has 4 heteroatoms. The molecule has 2 aromatic heterocycles. The van der Waals surface area contributed by atoms with Crippen LogP contribution in [0.1, 0.15) is 11.6 Å². The van der Waals surface area contributed by atoms with Gasteiger partial charge in [0.25, 0.3) is 0 Å². The second-order valence-electron chi connectivity index (χ2n) is 11.2. The van der Waals surface area contributed by atoms with Gasteiger partial charge in [0.05, 0.1) is 34.0 Å². The lowest BCUT2D eigenvalue weighted by atomic mass is 9.94. The summed E-state index contributed by atoms with van der Waals surface area (Å²) in [5.74, 6) is 0. The first-order chi connectivity index (χ1) is 20.8. The predicted molar refractivity (Wildman–Crippen MR) is 177 cm³/mol. The minimum absolute atomic E-state index is 0.118. The molecule has 200 valence electrons. The Kier molecular flexibility index (Phi) is 4.99. The Morgan fingerprint density at radius 3 is 2.14 bits per heavy atom. The lowest BCUT2D eigenvalue weighted by Crippen LogP contribution is -2.26. The van der Waals surface area contributed by atoms with Gasteiger partial charge in [0.1, 0.15) is 0 Å². The zero-order valence-corrected chi connectivity index (χ0v) is 22.9. The highest BCUT2D eigenvalue weighted by Gasteiger charge is 2.24. The van der Waals surface area contributed by atoms with Crippen LogP contribution in [-0.4, -0.2) is 16.1 Å². The normalized spacial score (nSPS) is 14.7. The monoisotopic (exact) mass is 540 g/mol. The van der Waals surface area contributed by atoms with Gasteiger partial charge >= 0.3 is 0 Å². The summed E-state index contributed by atoms with van der Waals surface area (Å²) < 4.78 is 2.38. The van der Waals surface area contributed by atoms with E-state index in [0.29, 0.717) is 0 Å². The van der Waals surface area contributed by atoms with Gasteiger partial charge < -0.3 is 20.2 Å². The van der Waals surface area contributed by atoms with Crippen molar-refractivity contribution in [1.29, 1.82) is 0 Å². The molecule has 0 saturated carbocycles. The van der Waals surface area contributed by atoms with Crippen LogP contribution < -0.4 is 10.6 Å². The highest BCUT2D eigenvalue weighted by Crippen LogP contribution is 2.41. The van der Waals surface area contributed by atoms with E-state index >= 15 is 0 Å². The Hall–Kier alpha value is -5.48. The van der Waals surface area contributed by atoms with Crippen LogP contribution in [0.2, 0.25) is 0 Å². The van der Waals surface area contributed by atoms with Gasteiger partial charge in [0, 0.05) is 44.9 Å². The smallest absolute Gasteiger partial charge is 0.0707 e. The fourth-order valence-electron chi connectivity index (χ4n) is 6.82. The van der Waals surface area contributed by atoms with Crippen molar-refractivity contribution in [3.63, 3.8) is 0 Å². The molecule has 3 N–H and O–H groups in total. The molecule has 0 spiro atoms. The minimum Gasteiger partial charge on any atom is -0.381 e. The van der Waals surface area contributed by atoms with Crippen molar-refractivity contribution < 1.29 is 0 Å². The lowest BCUT2D eigenvalue weighted by molar-refractivity contribution is 0.809. The van der Waals surface area contributed by atoms with Crippen molar-refractivity contribution in [2.75, 3.05) is 17.2 Å². The first-order valence-electron chi connectivity index (χ1n) is 14.5. The number of nitrogens with one attached hydrogen (secondary N) is 3. The van der Waals surface area contributed by atoms with Gasteiger partial charge in [0.2, 0.25) is 0 Å². The van der Waals surface area contributed by atoms with E-state index < -0.39 is 0 Å². The van der Waals surface area contributed by atoms with Crippen LogP contribution in [0.25, 0.3) is 60.4 Å². The summed E-state index contributed by atoms with van der Waals surface area (Å²) >= 11 is 0. The Morgan fingerprint density at radius 2 is 1.29 bits per heavy atom. The molecule has 42 heavy (non-hydrogen) atoms. The molecule has 1 atom stereocenters. The molecule has 0 radical (unpaired) electrons. The van der Waals surface area contributed by atoms with Crippen molar-refractivity contribution >= 4 is 55.0 Å². The molecular weight excluding hydrogens is 512 g/mol. The molecule has 8 aromatic rings. The second-order valence-corrected chi connectivity index (χ2v) is 11.2. The summed E-state index contributed by atoms with van der Waals surface area (Å²) in [6.45, 7) is 0.811. The summed E-state index contributed by atoms with van der Waals surface area (Å²) in [4.78, 5) is 3.88. The standard InChI is InChI=1S/C38H28N4/c1-3-11-24(12-4-1)25-19-30-28-21-29-27-15-7-10-18-36(27)42(26-13-5-2-6-14-26)37(29)22-34(28)41-38(30)31(20-25)35-23-39-32-16-8-9-17-33(32)40-35/h1-22,35,39-41H,23H2. The van der Waals surface area contributed by atoms with E-state index in [1.165, 1.54) is 60.5 Å². The molecule has 3 heterocycles. The number of hydrogen-bond acceptors (Lipinski definition) is 2. The third-order valence-corrected chi connectivity index (χ3v) is 8.78. The van der Waals surface area contributed by atoms with Gasteiger partial charge in [-0.05, 0) is 65.7 Å². The van der Waals surface area contributed by atoms with Crippen LogP contribution in [0.4, 0.5) is 11.4 Å². The van der Waals surface area contributed by atoms with Gasteiger partial charge in [-0.1, -0.05) is 78.9 Å². The molecule has 1 unspecified atom stereocenters. The van der Waals surface area contributed by atoms with Crippen molar-refractivity contribution in [3.8, 4) is 16.8 Å². The van der Waals surface area contributed by atoms with Crippen LogP contribution in [0.15, 0.2) is 133 Å². The van der Waals surface area contributed by atoms with Crippen molar-refractivity contribution in [2.24, 2.45) is 0 Å². The molecule has 9 rings (SSSR count). The van der Waals surface area contributed by atoms with Gasteiger partial charge in [-0.25, -0.2) is 0 Å². The van der Waals surface area contributed by atoms with Gasteiger partial charge in [-0.3, -0.25) is 0 Å². The van der Waals surface area contributed by atoms with Crippen molar-refractivity contribution in [2.45, 2.75) is 6.04 Å². The molecule has 0 fully saturated rings. The zero-order valence-electron chi connectivity index (χ0n) is 22.9. The summed E-state index contributed by atoms with van der Waals surface area (Å²) in [6.07, 6.45) is 0. The van der Waals surface area contributed by atoms with Gasteiger partial charge in [-0.2, -0.15) is 0 Å². The van der Waals surface area contributed by atoms with E-state index in [2.05, 4.69) is 154 Å². The number of aromatic amines is 1. The molecule has 4 nitrogen and oxygen atoms in total. The number of H-pyrrole nitrogens is 1. The predicted octanol–water partition coefficient (Wildman–Crippen LogP) is 9.66. The number of anilines is 2. The largest absolute Gasteiger partial charge is 0.381 e. The maximum atomic E-state index is 3.88. The quantitative estimate of drug-likeness (QED) is 0.209. The van der Waals surface area contributed by atoms with Gasteiger partial charge in [0.15, 0.2) is 0 Å². The Labute approximate surface area is 243 Å². The topological polar surface area (TPSA) is 44.8 Å². The summed E-state index contributed by atoms with van der Waals surface area (Å²) in [5, 5.41) is 12.5. The maximum Gasteiger partial charge on any atom is 0.0707 e. The molecule has 0 amide bonds. The van der Waals surface area contributed by atoms with E-state index in [1.807, 2.05) is 0 Å². The third kappa shape index (κ3) is 3.48. The number of aromatic nitrogens is 2. The second kappa shape index (κ2) is 9.02. The zero-order chi connectivity index (χ0) is 27.6. The van der Waals surface area contributed by atoms with Gasteiger partial charge in [-0.15, -0.1) is 0 Å². The summed E-state index contributed by atoms with van der Waals surface area (Å²) in [7, 11) is 0. The Bertz CT molecular complexity index is 2280. The van der Waals surface area contributed by atoms with Crippen LogP contribution in [0.5, 0.6) is 0 Å². The lowest BCUT2D eigenvalue weighted by Gasteiger charge is -2.29. The highest BCUT2D eigenvalue weighted by molar-refractivity contribution is 6.19. The van der Waals surface area contributed by atoms with E-state index in [4.69, 9.17) is 0 Å². The number of para-hydroxylation sites is 4. The SMILES string of the molecule is c1ccc(-c2cc(C3CNc4ccccc4N3)c3[nH]c4cc5c(cc4c3c2)c2ccccc2n5-c2ccccc2)cc1. The van der Waals surface area contributed by atoms with E-state index in [-0.39, 0.29) is 6.04 Å². The molecule has 1 aliphatic heterocycles. The third-order valence-electron chi connectivity index (χ3n) is 8.78. The maximum absolute atomic E-state index is 3.88. The highest BCUT2D eigenvalue weighted by atomic mass is 15.1. The van der Waals surface area contributed by atoms with Crippen LogP contribution in [0, 0.1) is 0 Å². The molecule has 0 bridgehead atoms.